The minimum Gasteiger partial charge on any atom is -0.384 e. The van der Waals surface area contributed by atoms with Crippen molar-refractivity contribution in [1.82, 2.24) is 4.72 Å². The van der Waals surface area contributed by atoms with Crippen molar-refractivity contribution in [2.24, 2.45) is 5.73 Å². The molecule has 0 radical (unpaired) electrons. The fourth-order valence-corrected chi connectivity index (χ4v) is 2.69. The number of amides is 1. The Labute approximate surface area is 118 Å². The van der Waals surface area contributed by atoms with E-state index in [0.717, 1.165) is 0 Å². The third kappa shape index (κ3) is 4.06. The topological polar surface area (TPSA) is 109 Å². The van der Waals surface area contributed by atoms with Gasteiger partial charge in [0.05, 0.1) is 4.90 Å². The van der Waals surface area contributed by atoms with Gasteiger partial charge in [-0.2, -0.15) is 4.72 Å². The van der Waals surface area contributed by atoms with Crippen LogP contribution in [0.15, 0.2) is 29.2 Å². The maximum absolute atomic E-state index is 12.1. The van der Waals surface area contributed by atoms with E-state index >= 15 is 0 Å². The first-order valence-corrected chi connectivity index (χ1v) is 7.21. The number of carbonyl (C=O) groups excluding carboxylic acids is 1. The quantitative estimate of drug-likeness (QED) is 0.655. The summed E-state index contributed by atoms with van der Waals surface area (Å²) in [5, 5.41) is 8.57. The van der Waals surface area contributed by atoms with Crippen LogP contribution in [0.3, 0.4) is 0 Å². The maximum Gasteiger partial charge on any atom is 0.241 e. The molecule has 0 bridgehead atoms. The predicted octanol–water partition coefficient (Wildman–Crippen LogP) is -0.427. The Hall–Kier alpha value is -1.88. The van der Waals surface area contributed by atoms with Crippen molar-refractivity contribution >= 4 is 15.9 Å². The van der Waals surface area contributed by atoms with Crippen LogP contribution in [-0.2, 0) is 14.8 Å². The van der Waals surface area contributed by atoms with E-state index in [-0.39, 0.29) is 11.5 Å². The lowest BCUT2D eigenvalue weighted by Gasteiger charge is -2.21. The van der Waals surface area contributed by atoms with E-state index in [1.54, 1.807) is 0 Å². The van der Waals surface area contributed by atoms with Crippen LogP contribution < -0.4 is 10.5 Å². The molecule has 0 fully saturated rings. The summed E-state index contributed by atoms with van der Waals surface area (Å²) in [5.41, 5.74) is 4.32. The summed E-state index contributed by atoms with van der Waals surface area (Å²) in [5.74, 6) is 4.33. The molecule has 20 heavy (non-hydrogen) atoms. The molecule has 7 heteroatoms. The van der Waals surface area contributed by atoms with Crippen molar-refractivity contribution in [2.75, 3.05) is 6.61 Å². The third-order valence-corrected chi connectivity index (χ3v) is 4.15. The highest BCUT2D eigenvalue weighted by molar-refractivity contribution is 7.89. The smallest absolute Gasteiger partial charge is 0.241 e. The largest absolute Gasteiger partial charge is 0.384 e. The van der Waals surface area contributed by atoms with Crippen molar-refractivity contribution in [1.29, 1.82) is 0 Å². The van der Waals surface area contributed by atoms with Crippen molar-refractivity contribution in [3.63, 3.8) is 0 Å². The monoisotopic (exact) mass is 296 g/mol. The second kappa shape index (κ2) is 6.05. The number of aliphatic hydroxyl groups excluding tert-OH is 1. The Morgan fingerprint density at radius 2 is 1.90 bits per heavy atom. The molecular weight excluding hydrogens is 280 g/mol. The van der Waals surface area contributed by atoms with E-state index in [4.69, 9.17) is 10.8 Å². The van der Waals surface area contributed by atoms with E-state index in [1.807, 2.05) is 0 Å². The lowest BCUT2D eigenvalue weighted by molar-refractivity contribution is -0.122. The van der Waals surface area contributed by atoms with Gasteiger partial charge < -0.3 is 10.8 Å². The van der Waals surface area contributed by atoms with Crippen LogP contribution in [0.25, 0.3) is 0 Å². The average molecular weight is 296 g/mol. The highest BCUT2D eigenvalue weighted by Gasteiger charge is 2.31. The van der Waals surface area contributed by atoms with Crippen LogP contribution in [0.1, 0.15) is 19.4 Å². The van der Waals surface area contributed by atoms with Crippen molar-refractivity contribution in [3.8, 4) is 11.8 Å². The molecule has 0 aliphatic rings. The number of hydrogen-bond donors (Lipinski definition) is 3. The minimum absolute atomic E-state index is 0.00127. The van der Waals surface area contributed by atoms with E-state index in [2.05, 4.69) is 16.6 Å². The number of aliphatic hydroxyl groups is 1. The number of nitrogens with one attached hydrogen (secondary N) is 1. The molecule has 1 rings (SSSR count). The maximum atomic E-state index is 12.1. The molecule has 6 nitrogen and oxygen atoms in total. The number of sulfonamides is 1. The summed E-state index contributed by atoms with van der Waals surface area (Å²) < 4.78 is 26.4. The molecule has 1 amide bonds. The zero-order valence-corrected chi connectivity index (χ0v) is 12.0. The lowest BCUT2D eigenvalue weighted by atomic mass is 10.1. The summed E-state index contributed by atoms with van der Waals surface area (Å²) in [4.78, 5) is 11.2. The van der Waals surface area contributed by atoms with Crippen LogP contribution in [0.2, 0.25) is 0 Å². The first-order valence-electron chi connectivity index (χ1n) is 5.73. The third-order valence-electron chi connectivity index (χ3n) is 2.48. The summed E-state index contributed by atoms with van der Waals surface area (Å²) in [7, 11) is -3.85. The highest BCUT2D eigenvalue weighted by Crippen LogP contribution is 2.13. The number of carbonyl (C=O) groups is 1. The second-order valence-corrected chi connectivity index (χ2v) is 6.26. The van der Waals surface area contributed by atoms with Crippen molar-refractivity contribution in [2.45, 2.75) is 24.3 Å². The lowest BCUT2D eigenvalue weighted by Crippen LogP contribution is -2.52. The Balaban J connectivity index is 3.02. The second-order valence-electron chi connectivity index (χ2n) is 4.58. The molecule has 0 saturated carbocycles. The molecule has 0 aromatic heterocycles. The zero-order chi connectivity index (χ0) is 15.4. The van der Waals surface area contributed by atoms with E-state index in [1.165, 1.54) is 38.1 Å². The Kier molecular flexibility index (Phi) is 4.89. The van der Waals surface area contributed by atoms with Gasteiger partial charge in [0.25, 0.3) is 0 Å². The molecule has 1 aromatic carbocycles. The zero-order valence-electron chi connectivity index (χ0n) is 11.2. The molecule has 0 heterocycles. The Morgan fingerprint density at radius 1 is 1.35 bits per heavy atom. The summed E-state index contributed by atoms with van der Waals surface area (Å²) in [6, 6.07) is 5.74. The van der Waals surface area contributed by atoms with E-state index in [0.29, 0.717) is 5.56 Å². The fourth-order valence-electron chi connectivity index (χ4n) is 1.30. The van der Waals surface area contributed by atoms with E-state index < -0.39 is 21.5 Å². The molecule has 0 spiro atoms. The molecule has 108 valence electrons. The van der Waals surface area contributed by atoms with Gasteiger partial charge in [0.15, 0.2) is 0 Å². The Morgan fingerprint density at radius 3 is 2.35 bits per heavy atom. The van der Waals surface area contributed by atoms with Gasteiger partial charge in [-0.05, 0) is 38.1 Å². The molecule has 0 atom stereocenters. The van der Waals surface area contributed by atoms with Crippen LogP contribution >= 0.6 is 0 Å². The van der Waals surface area contributed by atoms with Crippen molar-refractivity contribution < 1.29 is 18.3 Å². The normalized spacial score (nSPS) is 11.6. The molecular formula is C13H16N2O4S. The van der Waals surface area contributed by atoms with Gasteiger partial charge in [0, 0.05) is 5.56 Å². The van der Waals surface area contributed by atoms with E-state index in [9.17, 15) is 13.2 Å². The minimum atomic E-state index is -3.85. The SMILES string of the molecule is CC(C)(NS(=O)(=O)c1ccc(C#CCO)cc1)C(N)=O. The molecule has 4 N–H and O–H groups in total. The standard InChI is InChI=1S/C13H16N2O4S/c1-13(2,12(14)17)15-20(18,19)11-7-5-10(6-8-11)4-3-9-16/h5-8,15-16H,9H2,1-2H3,(H2,14,17). The average Bonchev–Trinajstić information content (AvgIpc) is 2.35. The van der Waals surface area contributed by atoms with Gasteiger partial charge in [-0.15, -0.1) is 0 Å². The molecule has 0 aliphatic heterocycles. The summed E-state index contributed by atoms with van der Waals surface area (Å²) in [6.45, 7) is 2.50. The molecule has 0 aliphatic carbocycles. The van der Waals surface area contributed by atoms with Gasteiger partial charge in [-0.25, -0.2) is 8.42 Å². The molecule has 1 aromatic rings. The number of hydrogen-bond acceptors (Lipinski definition) is 4. The first-order chi connectivity index (χ1) is 9.19. The van der Waals surface area contributed by atoms with Crippen LogP contribution in [-0.4, -0.2) is 31.6 Å². The first kappa shape index (κ1) is 16.2. The highest BCUT2D eigenvalue weighted by atomic mass is 32.2. The van der Waals surface area contributed by atoms with Crippen molar-refractivity contribution in [3.05, 3.63) is 29.8 Å². The summed E-state index contributed by atoms with van der Waals surface area (Å²) in [6.07, 6.45) is 0. The van der Waals surface area contributed by atoms with Gasteiger partial charge in [-0.3, -0.25) is 4.79 Å². The van der Waals surface area contributed by atoms with Gasteiger partial charge >= 0.3 is 0 Å². The van der Waals surface area contributed by atoms with Crippen LogP contribution in [0, 0.1) is 11.8 Å². The number of benzene rings is 1. The number of rotatable bonds is 4. The van der Waals surface area contributed by atoms with Crippen LogP contribution in [0.4, 0.5) is 0 Å². The number of primary amides is 1. The Bertz CT molecular complexity index is 652. The van der Waals surface area contributed by atoms with Gasteiger partial charge in [-0.1, -0.05) is 11.8 Å². The summed E-state index contributed by atoms with van der Waals surface area (Å²) >= 11 is 0. The van der Waals surface area contributed by atoms with Gasteiger partial charge in [0.2, 0.25) is 15.9 Å². The predicted molar refractivity (Wildman–Crippen MR) is 74.0 cm³/mol. The molecule has 0 unspecified atom stereocenters. The van der Waals surface area contributed by atoms with Crippen LogP contribution in [0.5, 0.6) is 0 Å². The fraction of sp³-hybridized carbons (Fsp3) is 0.308. The molecule has 0 saturated heterocycles. The van der Waals surface area contributed by atoms with Gasteiger partial charge in [0.1, 0.15) is 12.1 Å². The number of nitrogens with two attached hydrogens (primary N) is 1.